The molecule has 0 aliphatic carbocycles. The van der Waals surface area contributed by atoms with Crippen molar-refractivity contribution in [3.05, 3.63) is 47.0 Å². The lowest BCUT2D eigenvalue weighted by molar-refractivity contribution is -0.134. The van der Waals surface area contributed by atoms with Crippen molar-refractivity contribution in [3.8, 4) is 0 Å². The fourth-order valence-corrected chi connectivity index (χ4v) is 4.85. The molecule has 2 atom stereocenters. The van der Waals surface area contributed by atoms with Crippen LogP contribution in [0, 0.1) is 0 Å². The summed E-state index contributed by atoms with van der Waals surface area (Å²) in [6.07, 6.45) is 0.874. The SMILES string of the molecule is FC(F)(F)c1cnc(NC2CC3CCC(C2)N3Cc2ccccc2)s1. The third-order valence-corrected chi connectivity index (χ3v) is 6.18. The molecular formula is C18H20F3N3S. The van der Waals surface area contributed by atoms with Crippen LogP contribution in [0.1, 0.15) is 36.1 Å². The smallest absolute Gasteiger partial charge is 0.359 e. The van der Waals surface area contributed by atoms with Crippen LogP contribution in [-0.4, -0.2) is 28.0 Å². The topological polar surface area (TPSA) is 28.2 Å². The van der Waals surface area contributed by atoms with E-state index in [2.05, 4.69) is 39.5 Å². The fourth-order valence-electron chi connectivity index (χ4n) is 4.09. The predicted octanol–water partition coefficient (Wildman–Crippen LogP) is 4.77. The third kappa shape index (κ3) is 3.67. The van der Waals surface area contributed by atoms with Gasteiger partial charge >= 0.3 is 6.18 Å². The summed E-state index contributed by atoms with van der Waals surface area (Å²) in [6, 6.07) is 11.7. The van der Waals surface area contributed by atoms with Crippen LogP contribution < -0.4 is 5.32 Å². The van der Waals surface area contributed by atoms with Crippen molar-refractivity contribution in [3.63, 3.8) is 0 Å². The van der Waals surface area contributed by atoms with E-state index >= 15 is 0 Å². The molecule has 25 heavy (non-hydrogen) atoms. The van der Waals surface area contributed by atoms with Gasteiger partial charge in [-0.25, -0.2) is 4.98 Å². The molecule has 7 heteroatoms. The molecule has 2 aliphatic heterocycles. The van der Waals surface area contributed by atoms with Gasteiger partial charge in [0.15, 0.2) is 5.13 Å². The second kappa shape index (κ2) is 6.61. The minimum atomic E-state index is -4.31. The number of benzene rings is 1. The molecule has 1 aromatic carbocycles. The van der Waals surface area contributed by atoms with E-state index in [1.54, 1.807) is 0 Å². The van der Waals surface area contributed by atoms with E-state index in [9.17, 15) is 13.2 Å². The third-order valence-electron chi connectivity index (χ3n) is 5.20. The molecule has 0 amide bonds. The Morgan fingerprint density at radius 3 is 2.40 bits per heavy atom. The standard InChI is InChI=1S/C18H20F3N3S/c19-18(20,21)16-10-22-17(25-16)23-13-8-14-6-7-15(9-13)24(14)11-12-4-2-1-3-5-12/h1-5,10,13-15H,6-9,11H2,(H,22,23). The maximum absolute atomic E-state index is 12.7. The molecule has 3 heterocycles. The van der Waals surface area contributed by atoms with E-state index in [1.807, 2.05) is 6.07 Å². The summed E-state index contributed by atoms with van der Waals surface area (Å²) in [6.45, 7) is 0.957. The largest absolute Gasteiger partial charge is 0.427 e. The zero-order valence-electron chi connectivity index (χ0n) is 13.7. The van der Waals surface area contributed by atoms with Crippen LogP contribution in [0.5, 0.6) is 0 Å². The highest BCUT2D eigenvalue weighted by Gasteiger charge is 2.41. The van der Waals surface area contributed by atoms with Gasteiger partial charge in [0.1, 0.15) is 4.88 Å². The summed E-state index contributed by atoms with van der Waals surface area (Å²) in [7, 11) is 0. The second-order valence-electron chi connectivity index (χ2n) is 6.88. The first-order valence-corrected chi connectivity index (χ1v) is 9.40. The van der Waals surface area contributed by atoms with E-state index in [0.717, 1.165) is 25.6 Å². The van der Waals surface area contributed by atoms with Crippen LogP contribution in [0.2, 0.25) is 0 Å². The van der Waals surface area contributed by atoms with Crippen molar-refractivity contribution in [2.45, 2.75) is 56.5 Å². The van der Waals surface area contributed by atoms with Crippen molar-refractivity contribution >= 4 is 16.5 Å². The summed E-state index contributed by atoms with van der Waals surface area (Å²) < 4.78 is 38.1. The molecule has 1 aromatic heterocycles. The molecule has 1 N–H and O–H groups in total. The average molecular weight is 367 g/mol. The summed E-state index contributed by atoms with van der Waals surface area (Å²) in [5.41, 5.74) is 1.32. The lowest BCUT2D eigenvalue weighted by Gasteiger charge is -2.39. The first-order chi connectivity index (χ1) is 12.0. The number of fused-ring (bicyclic) bond motifs is 2. The van der Waals surface area contributed by atoms with E-state index in [0.29, 0.717) is 28.6 Å². The first-order valence-electron chi connectivity index (χ1n) is 8.58. The molecule has 3 nitrogen and oxygen atoms in total. The molecule has 2 bridgehead atoms. The fraction of sp³-hybridized carbons (Fsp3) is 0.500. The zero-order valence-corrected chi connectivity index (χ0v) is 14.5. The van der Waals surface area contributed by atoms with Crippen LogP contribution in [-0.2, 0) is 12.7 Å². The monoisotopic (exact) mass is 367 g/mol. The number of rotatable bonds is 4. The van der Waals surface area contributed by atoms with E-state index in [4.69, 9.17) is 0 Å². The van der Waals surface area contributed by atoms with Gasteiger partial charge in [-0.1, -0.05) is 41.7 Å². The number of thiazole rings is 1. The van der Waals surface area contributed by atoms with Crippen LogP contribution in [0.3, 0.4) is 0 Å². The average Bonchev–Trinajstić information content (AvgIpc) is 3.11. The van der Waals surface area contributed by atoms with Crippen molar-refractivity contribution in [2.24, 2.45) is 0 Å². The van der Waals surface area contributed by atoms with Crippen LogP contribution >= 0.6 is 11.3 Å². The van der Waals surface area contributed by atoms with Gasteiger partial charge in [-0.05, 0) is 31.2 Å². The second-order valence-corrected chi connectivity index (χ2v) is 7.91. The molecule has 2 unspecified atom stereocenters. The summed E-state index contributed by atoms with van der Waals surface area (Å²) in [5, 5.41) is 3.62. The van der Waals surface area contributed by atoms with Crippen LogP contribution in [0.15, 0.2) is 36.5 Å². The highest BCUT2D eigenvalue weighted by molar-refractivity contribution is 7.15. The lowest BCUT2D eigenvalue weighted by Crippen LogP contribution is -2.46. The van der Waals surface area contributed by atoms with Crippen molar-refractivity contribution in [1.82, 2.24) is 9.88 Å². The molecule has 2 aliphatic rings. The normalized spacial score (nSPS) is 26.8. The maximum Gasteiger partial charge on any atom is 0.427 e. The van der Waals surface area contributed by atoms with Crippen molar-refractivity contribution < 1.29 is 13.2 Å². The Bertz CT molecular complexity index is 702. The Balaban J connectivity index is 1.39. The first kappa shape index (κ1) is 16.8. The van der Waals surface area contributed by atoms with Gasteiger partial charge < -0.3 is 5.32 Å². The highest BCUT2D eigenvalue weighted by atomic mass is 32.1. The van der Waals surface area contributed by atoms with Gasteiger partial charge in [-0.2, -0.15) is 13.2 Å². The van der Waals surface area contributed by atoms with E-state index < -0.39 is 11.1 Å². The predicted molar refractivity (Wildman–Crippen MR) is 92.6 cm³/mol. The number of nitrogens with zero attached hydrogens (tertiary/aromatic N) is 2. The quantitative estimate of drug-likeness (QED) is 0.844. The zero-order chi connectivity index (χ0) is 17.4. The Hall–Kier alpha value is -1.60. The van der Waals surface area contributed by atoms with Gasteiger partial charge in [0, 0.05) is 24.7 Å². The molecule has 2 saturated heterocycles. The molecule has 2 aromatic rings. The van der Waals surface area contributed by atoms with Crippen LogP contribution in [0.25, 0.3) is 0 Å². The Labute approximate surface area is 148 Å². The number of piperidine rings is 1. The minimum absolute atomic E-state index is 0.205. The number of hydrogen-bond acceptors (Lipinski definition) is 4. The Morgan fingerprint density at radius 1 is 1.12 bits per heavy atom. The van der Waals surface area contributed by atoms with E-state index in [1.165, 1.54) is 18.4 Å². The van der Waals surface area contributed by atoms with Gasteiger partial charge in [-0.3, -0.25) is 4.90 Å². The summed E-state index contributed by atoms with van der Waals surface area (Å²) in [4.78, 5) is 5.83. The van der Waals surface area contributed by atoms with Crippen molar-refractivity contribution in [1.29, 1.82) is 0 Å². The summed E-state index contributed by atoms with van der Waals surface area (Å²) >= 11 is 0.699. The molecule has 134 valence electrons. The Morgan fingerprint density at radius 2 is 1.80 bits per heavy atom. The molecule has 0 spiro atoms. The van der Waals surface area contributed by atoms with Gasteiger partial charge in [0.05, 0.1) is 6.20 Å². The number of anilines is 1. The van der Waals surface area contributed by atoms with Gasteiger partial charge in [-0.15, -0.1) is 0 Å². The summed E-state index contributed by atoms with van der Waals surface area (Å²) in [5.74, 6) is 0. The number of aromatic nitrogens is 1. The minimum Gasteiger partial charge on any atom is -0.359 e. The molecule has 2 fully saturated rings. The number of halogens is 3. The molecule has 0 saturated carbocycles. The Kier molecular flexibility index (Phi) is 4.45. The molecule has 0 radical (unpaired) electrons. The van der Waals surface area contributed by atoms with Crippen LogP contribution in [0.4, 0.5) is 18.3 Å². The van der Waals surface area contributed by atoms with Crippen molar-refractivity contribution in [2.75, 3.05) is 5.32 Å². The number of nitrogens with one attached hydrogen (secondary N) is 1. The molecule has 4 rings (SSSR count). The van der Waals surface area contributed by atoms with E-state index in [-0.39, 0.29) is 6.04 Å². The molecular weight excluding hydrogens is 347 g/mol. The van der Waals surface area contributed by atoms with Gasteiger partial charge in [0.2, 0.25) is 0 Å². The lowest BCUT2D eigenvalue weighted by atomic mass is 9.97. The highest BCUT2D eigenvalue weighted by Crippen LogP contribution is 2.39. The number of alkyl halides is 3. The maximum atomic E-state index is 12.7. The number of hydrogen-bond donors (Lipinski definition) is 1. The van der Waals surface area contributed by atoms with Gasteiger partial charge in [0.25, 0.3) is 0 Å².